The summed E-state index contributed by atoms with van der Waals surface area (Å²) in [5.41, 5.74) is 3.05. The molecular formula is C25H37N3O4. The Morgan fingerprint density at radius 3 is 2.72 bits per heavy atom. The lowest BCUT2D eigenvalue weighted by atomic mass is 10.0. The second-order valence-corrected chi connectivity index (χ2v) is 8.87. The molecule has 0 saturated carbocycles. The molecule has 2 fully saturated rings. The maximum atomic E-state index is 10.6. The molecule has 7 nitrogen and oxygen atoms in total. The smallest absolute Gasteiger partial charge is 0.232 e. The van der Waals surface area contributed by atoms with E-state index < -0.39 is 6.10 Å². The van der Waals surface area contributed by atoms with Crippen molar-refractivity contribution in [1.82, 2.24) is 10.1 Å². The fourth-order valence-corrected chi connectivity index (χ4v) is 4.72. The summed E-state index contributed by atoms with van der Waals surface area (Å²) < 4.78 is 17.4. The van der Waals surface area contributed by atoms with Gasteiger partial charge in [0.25, 0.3) is 0 Å². The van der Waals surface area contributed by atoms with Crippen LogP contribution in [-0.2, 0) is 16.0 Å². The van der Waals surface area contributed by atoms with Gasteiger partial charge in [0.1, 0.15) is 5.69 Å². The number of rotatable bonds is 11. The second kappa shape index (κ2) is 11.8. The van der Waals surface area contributed by atoms with Crippen molar-refractivity contribution in [3.05, 3.63) is 35.9 Å². The van der Waals surface area contributed by atoms with Crippen molar-refractivity contribution < 1.29 is 19.1 Å². The molecule has 2 atom stereocenters. The highest BCUT2D eigenvalue weighted by molar-refractivity contribution is 5.68. The van der Waals surface area contributed by atoms with Crippen molar-refractivity contribution in [3.63, 3.8) is 0 Å². The number of aromatic nitrogens is 1. The molecule has 0 aliphatic carbocycles. The summed E-state index contributed by atoms with van der Waals surface area (Å²) in [5.74, 6) is 0.875. The number of hydrogen-bond donors (Lipinski definition) is 1. The van der Waals surface area contributed by atoms with Crippen LogP contribution in [0.15, 0.2) is 34.9 Å². The number of piperidine rings is 1. The molecule has 2 aliphatic rings. The summed E-state index contributed by atoms with van der Waals surface area (Å²) in [6, 6.07) is 10.2. The Hall–Kier alpha value is -1.93. The number of ether oxygens (including phenoxy) is 2. The normalized spacial score (nSPS) is 20.2. The predicted molar refractivity (Wildman–Crippen MR) is 125 cm³/mol. The average Bonchev–Trinajstić information content (AvgIpc) is 3.49. The SMILES string of the molecule is CCOC[C@@H](O)CN(Cc1c(-c2ccccc2)noc1N1CCCCC1)C[C@H]1CCCO1. The molecule has 7 heteroatoms. The van der Waals surface area contributed by atoms with Crippen molar-refractivity contribution in [2.45, 2.75) is 57.8 Å². The number of aliphatic hydroxyl groups excluding tert-OH is 1. The topological polar surface area (TPSA) is 71.2 Å². The summed E-state index contributed by atoms with van der Waals surface area (Å²) >= 11 is 0. The van der Waals surface area contributed by atoms with E-state index in [1.807, 2.05) is 25.1 Å². The molecule has 0 bridgehead atoms. The van der Waals surface area contributed by atoms with Crippen molar-refractivity contribution in [2.75, 3.05) is 50.9 Å². The first-order chi connectivity index (χ1) is 15.7. The fraction of sp³-hybridized carbons (Fsp3) is 0.640. The Morgan fingerprint density at radius 2 is 2.00 bits per heavy atom. The molecule has 0 unspecified atom stereocenters. The van der Waals surface area contributed by atoms with Crippen LogP contribution in [0.1, 0.15) is 44.6 Å². The molecule has 1 aromatic carbocycles. The Balaban J connectivity index is 1.60. The van der Waals surface area contributed by atoms with Gasteiger partial charge in [0.2, 0.25) is 5.88 Å². The van der Waals surface area contributed by atoms with Crippen LogP contribution in [0.2, 0.25) is 0 Å². The highest BCUT2D eigenvalue weighted by Crippen LogP contribution is 2.34. The molecule has 32 heavy (non-hydrogen) atoms. The molecule has 176 valence electrons. The zero-order valence-corrected chi connectivity index (χ0v) is 19.2. The van der Waals surface area contributed by atoms with Crippen molar-refractivity contribution in [1.29, 1.82) is 0 Å². The third-order valence-corrected chi connectivity index (χ3v) is 6.31. The summed E-state index contributed by atoms with van der Waals surface area (Å²) in [6.45, 7) is 7.67. The first-order valence-electron chi connectivity index (χ1n) is 12.1. The minimum Gasteiger partial charge on any atom is -0.389 e. The van der Waals surface area contributed by atoms with Crippen LogP contribution >= 0.6 is 0 Å². The molecular weight excluding hydrogens is 406 g/mol. The van der Waals surface area contributed by atoms with Crippen LogP contribution in [0.4, 0.5) is 5.88 Å². The Bertz CT molecular complexity index is 801. The molecule has 1 N–H and O–H groups in total. The van der Waals surface area contributed by atoms with E-state index in [1.54, 1.807) is 0 Å². The molecule has 0 spiro atoms. The zero-order valence-electron chi connectivity index (χ0n) is 19.2. The summed E-state index contributed by atoms with van der Waals surface area (Å²) in [6.07, 6.45) is 5.43. The Kier molecular flexibility index (Phi) is 8.56. The number of benzene rings is 1. The van der Waals surface area contributed by atoms with Gasteiger partial charge in [0.05, 0.1) is 24.4 Å². The molecule has 4 rings (SSSR count). The summed E-state index contributed by atoms with van der Waals surface area (Å²) in [5, 5.41) is 15.1. The van der Waals surface area contributed by atoms with Crippen LogP contribution in [0, 0.1) is 0 Å². The maximum absolute atomic E-state index is 10.6. The fourth-order valence-electron chi connectivity index (χ4n) is 4.72. The van der Waals surface area contributed by atoms with Crippen LogP contribution in [0.3, 0.4) is 0 Å². The Labute approximate surface area is 191 Å². The lowest BCUT2D eigenvalue weighted by Crippen LogP contribution is -2.39. The van der Waals surface area contributed by atoms with Crippen LogP contribution < -0.4 is 4.90 Å². The largest absolute Gasteiger partial charge is 0.389 e. The lowest BCUT2D eigenvalue weighted by Gasteiger charge is -2.30. The van der Waals surface area contributed by atoms with E-state index in [0.29, 0.717) is 26.3 Å². The quantitative estimate of drug-likeness (QED) is 0.568. The number of hydrogen-bond acceptors (Lipinski definition) is 7. The Morgan fingerprint density at radius 1 is 1.19 bits per heavy atom. The standard InChI is InChI=1S/C25H37N3O4/c1-2-30-19-21(29)16-27(17-22-12-9-15-31-22)18-23-24(20-10-5-3-6-11-20)26-32-25(23)28-13-7-4-8-14-28/h3,5-6,10-11,21-22,29H,2,4,7-9,12-19H2,1H3/t21-,22+/m0/s1. The van der Waals surface area contributed by atoms with E-state index >= 15 is 0 Å². The van der Waals surface area contributed by atoms with Gasteiger partial charge in [-0.15, -0.1) is 0 Å². The minimum absolute atomic E-state index is 0.202. The van der Waals surface area contributed by atoms with Gasteiger partial charge in [-0.1, -0.05) is 35.5 Å². The maximum Gasteiger partial charge on any atom is 0.232 e. The molecule has 0 radical (unpaired) electrons. The average molecular weight is 444 g/mol. The van der Waals surface area contributed by atoms with E-state index in [4.69, 9.17) is 14.0 Å². The van der Waals surface area contributed by atoms with Gasteiger partial charge in [-0.25, -0.2) is 0 Å². The number of nitrogens with zero attached hydrogens (tertiary/aromatic N) is 3. The van der Waals surface area contributed by atoms with E-state index in [9.17, 15) is 5.11 Å². The first-order valence-corrected chi connectivity index (χ1v) is 12.1. The van der Waals surface area contributed by atoms with Gasteiger partial charge in [-0.2, -0.15) is 0 Å². The highest BCUT2D eigenvalue weighted by Gasteiger charge is 2.28. The van der Waals surface area contributed by atoms with Gasteiger partial charge in [-0.05, 0) is 39.0 Å². The highest BCUT2D eigenvalue weighted by atomic mass is 16.5. The van der Waals surface area contributed by atoms with Gasteiger partial charge < -0.3 is 24.0 Å². The van der Waals surface area contributed by atoms with E-state index in [0.717, 1.165) is 61.8 Å². The van der Waals surface area contributed by atoms with Gasteiger partial charge in [0.15, 0.2) is 0 Å². The molecule has 3 heterocycles. The zero-order chi connectivity index (χ0) is 22.2. The molecule has 2 saturated heterocycles. The summed E-state index contributed by atoms with van der Waals surface area (Å²) in [4.78, 5) is 4.62. The third kappa shape index (κ3) is 6.10. The molecule has 1 aromatic heterocycles. The number of anilines is 1. The van der Waals surface area contributed by atoms with E-state index in [-0.39, 0.29) is 6.10 Å². The monoisotopic (exact) mass is 443 g/mol. The number of aliphatic hydroxyl groups is 1. The van der Waals surface area contributed by atoms with Gasteiger partial charge in [-0.3, -0.25) is 4.90 Å². The van der Waals surface area contributed by atoms with Crippen molar-refractivity contribution in [2.24, 2.45) is 0 Å². The van der Waals surface area contributed by atoms with Crippen LogP contribution in [-0.4, -0.2) is 73.4 Å². The van der Waals surface area contributed by atoms with Crippen molar-refractivity contribution >= 4 is 5.88 Å². The molecule has 2 aromatic rings. The van der Waals surface area contributed by atoms with E-state index in [1.165, 1.54) is 19.3 Å². The summed E-state index contributed by atoms with van der Waals surface area (Å²) in [7, 11) is 0. The minimum atomic E-state index is -0.546. The third-order valence-electron chi connectivity index (χ3n) is 6.31. The van der Waals surface area contributed by atoms with E-state index in [2.05, 4.69) is 27.1 Å². The molecule has 2 aliphatic heterocycles. The van der Waals surface area contributed by atoms with Crippen LogP contribution in [0.5, 0.6) is 0 Å². The lowest BCUT2D eigenvalue weighted by molar-refractivity contribution is 0.00519. The van der Waals surface area contributed by atoms with Crippen molar-refractivity contribution in [3.8, 4) is 11.3 Å². The first kappa shape index (κ1) is 23.2. The van der Waals surface area contributed by atoms with Crippen LogP contribution in [0.25, 0.3) is 11.3 Å². The van der Waals surface area contributed by atoms with Gasteiger partial charge in [0, 0.05) is 51.5 Å². The van der Waals surface area contributed by atoms with Gasteiger partial charge >= 0.3 is 0 Å². The molecule has 0 amide bonds. The predicted octanol–water partition coefficient (Wildman–Crippen LogP) is 3.71. The second-order valence-electron chi connectivity index (χ2n) is 8.87.